The van der Waals surface area contributed by atoms with Crippen LogP contribution in [0.15, 0.2) is 69.2 Å². The van der Waals surface area contributed by atoms with Crippen LogP contribution in [0.4, 0.5) is 5.69 Å². The van der Waals surface area contributed by atoms with Gasteiger partial charge in [0.25, 0.3) is 5.91 Å². The molecule has 11 nitrogen and oxygen atoms in total. The molecule has 0 bridgehead atoms. The van der Waals surface area contributed by atoms with E-state index < -0.39 is 23.4 Å². The number of hydrogen-bond donors (Lipinski definition) is 0. The maximum atomic E-state index is 14.4. The number of nitrogens with zero attached hydrogens (tertiary/aromatic N) is 3. The summed E-state index contributed by atoms with van der Waals surface area (Å²) >= 11 is 0. The van der Waals surface area contributed by atoms with Crippen LogP contribution in [0.25, 0.3) is 0 Å². The lowest BCUT2D eigenvalue weighted by Crippen LogP contribution is -2.55. The van der Waals surface area contributed by atoms with E-state index in [9.17, 15) is 14.4 Å². The molecule has 2 aromatic carbocycles. The van der Waals surface area contributed by atoms with Gasteiger partial charge in [0.2, 0.25) is 0 Å². The molecule has 1 spiro atoms. The molecule has 254 valence electrons. The topological polar surface area (TPSA) is 136 Å². The van der Waals surface area contributed by atoms with Gasteiger partial charge in [0.05, 0.1) is 43.4 Å². The van der Waals surface area contributed by atoms with Crippen LogP contribution in [-0.2, 0) is 34.1 Å². The Labute approximate surface area is 289 Å². The number of aliphatic imine (C=N–C) groups is 1. The molecular weight excluding hydrogens is 638 g/mol. The molecule has 11 heteroatoms. The zero-order chi connectivity index (χ0) is 36.3. The zero-order valence-electron chi connectivity index (χ0n) is 28.8. The number of furan rings is 1. The molecule has 3 aliphatic heterocycles. The molecule has 50 heavy (non-hydrogen) atoms. The summed E-state index contributed by atoms with van der Waals surface area (Å²) in [6, 6.07) is 14.4. The number of methoxy groups -OCH3 is 2. The highest BCUT2D eigenvalue weighted by Crippen LogP contribution is 2.58. The summed E-state index contributed by atoms with van der Waals surface area (Å²) in [5.41, 5.74) is 3.63. The SMILES string of the molecule is CC#CCN1c2ccc(C#Cc3ccc(C)cc3)cc2[C@]23C[C@@H](C)N(C(=O)c4cc(C)oc4C)C2=NC(C(=O)OC)=C(C(=O)OC)C13.O=C=O. The Kier molecular flexibility index (Phi) is 9.94. The summed E-state index contributed by atoms with van der Waals surface area (Å²) < 4.78 is 16.1. The number of amidine groups is 1. The Morgan fingerprint density at radius 1 is 0.960 bits per heavy atom. The lowest BCUT2D eigenvalue weighted by Gasteiger charge is -2.40. The number of hydrogen-bond acceptors (Lipinski definition) is 10. The van der Waals surface area contributed by atoms with Crippen LogP contribution >= 0.6 is 0 Å². The van der Waals surface area contributed by atoms with Crippen LogP contribution in [0.1, 0.15) is 64.4 Å². The third kappa shape index (κ3) is 5.89. The Hall–Kier alpha value is -6.16. The van der Waals surface area contributed by atoms with Crippen molar-refractivity contribution in [3.8, 4) is 23.7 Å². The summed E-state index contributed by atoms with van der Waals surface area (Å²) in [4.78, 5) is 66.1. The molecule has 6 rings (SSSR count). The first-order valence-corrected chi connectivity index (χ1v) is 15.8. The first-order chi connectivity index (χ1) is 24.0. The number of esters is 2. The van der Waals surface area contributed by atoms with Gasteiger partial charge >= 0.3 is 18.1 Å². The maximum absolute atomic E-state index is 14.4. The average Bonchev–Trinajstić information content (AvgIpc) is 3.70. The summed E-state index contributed by atoms with van der Waals surface area (Å²) in [5.74, 6) is 12.3. The van der Waals surface area contributed by atoms with Crippen molar-refractivity contribution < 1.29 is 37.9 Å². The Morgan fingerprint density at radius 3 is 2.20 bits per heavy atom. The molecule has 1 saturated heterocycles. The van der Waals surface area contributed by atoms with E-state index >= 15 is 0 Å². The highest BCUT2D eigenvalue weighted by Gasteiger charge is 2.66. The van der Waals surface area contributed by atoms with Gasteiger partial charge < -0.3 is 18.8 Å². The Bertz CT molecular complexity index is 2110. The Balaban J connectivity index is 0.00000156. The van der Waals surface area contributed by atoms with Gasteiger partial charge in [-0.1, -0.05) is 35.5 Å². The minimum atomic E-state index is -1.03. The molecule has 1 aromatic heterocycles. The quantitative estimate of drug-likeness (QED) is 0.291. The molecule has 0 saturated carbocycles. The largest absolute Gasteiger partial charge is 0.466 e. The number of carbonyl (C=O) groups is 3. The second kappa shape index (κ2) is 14.1. The fourth-order valence-electron chi connectivity index (χ4n) is 7.12. The third-order valence-electron chi connectivity index (χ3n) is 9.10. The number of benzene rings is 2. The van der Waals surface area contributed by atoms with Gasteiger partial charge in [-0.2, -0.15) is 9.59 Å². The number of rotatable bonds is 4. The van der Waals surface area contributed by atoms with Crippen molar-refractivity contribution in [1.29, 1.82) is 0 Å². The van der Waals surface area contributed by atoms with Crippen molar-refractivity contribution in [2.75, 3.05) is 25.7 Å². The number of carbonyl (C=O) groups excluding carboxylic acids is 5. The summed E-state index contributed by atoms with van der Waals surface area (Å²) in [5, 5.41) is 0. The third-order valence-corrected chi connectivity index (χ3v) is 9.10. The fourth-order valence-corrected chi connectivity index (χ4v) is 7.12. The molecule has 0 N–H and O–H groups in total. The number of ether oxygens (including phenoxy) is 2. The van der Waals surface area contributed by atoms with Crippen LogP contribution in [0, 0.1) is 44.5 Å². The molecule has 1 fully saturated rings. The van der Waals surface area contributed by atoms with E-state index in [1.165, 1.54) is 14.2 Å². The molecule has 1 amide bonds. The molecule has 1 unspecified atom stereocenters. The van der Waals surface area contributed by atoms with Crippen molar-refractivity contribution in [1.82, 2.24) is 4.90 Å². The standard InChI is InChI=1S/C38H35N3O6.CO2/c1-8-9-18-40-30-17-16-27(15-14-26-12-10-22(2)11-13-26)20-29(30)38-21-23(3)41(34(42)28-19-24(4)47-25(28)5)37(38)39-32(36(44)46-7)31(33(38)40)35(43)45-6;2-1-3/h10-13,16-17,19-20,23,33H,18,21H2,1-7H3;/t23-,33?,38+;/m1./s1. The minimum Gasteiger partial charge on any atom is -0.466 e. The van der Waals surface area contributed by atoms with Gasteiger partial charge in [-0.15, -0.1) is 5.92 Å². The van der Waals surface area contributed by atoms with Crippen molar-refractivity contribution >= 4 is 35.5 Å². The smallest absolute Gasteiger partial charge is 0.373 e. The first kappa shape index (κ1) is 35.2. The number of likely N-dealkylation sites (tertiary alicyclic amines) is 1. The van der Waals surface area contributed by atoms with Crippen LogP contribution < -0.4 is 4.90 Å². The van der Waals surface area contributed by atoms with Crippen molar-refractivity contribution in [2.24, 2.45) is 4.99 Å². The normalized spacial score (nSPS) is 19.5. The van der Waals surface area contributed by atoms with Crippen molar-refractivity contribution in [3.05, 3.63) is 99.1 Å². The predicted molar refractivity (Wildman–Crippen MR) is 182 cm³/mol. The van der Waals surface area contributed by atoms with E-state index in [0.717, 1.165) is 27.9 Å². The van der Waals surface area contributed by atoms with E-state index in [4.69, 9.17) is 28.5 Å². The van der Waals surface area contributed by atoms with E-state index in [2.05, 4.69) is 23.7 Å². The predicted octanol–water partition coefficient (Wildman–Crippen LogP) is 4.42. The van der Waals surface area contributed by atoms with Crippen LogP contribution in [0.2, 0.25) is 0 Å². The van der Waals surface area contributed by atoms with Gasteiger partial charge in [0.15, 0.2) is 5.70 Å². The van der Waals surface area contributed by atoms with Crippen LogP contribution in [0.3, 0.4) is 0 Å². The molecular formula is C39H35N3O8. The fraction of sp³-hybridized carbons (Fsp3) is 0.308. The highest BCUT2D eigenvalue weighted by atomic mass is 16.5. The highest BCUT2D eigenvalue weighted by molar-refractivity contribution is 6.18. The van der Waals surface area contributed by atoms with Gasteiger partial charge in [-0.25, -0.2) is 14.6 Å². The molecule has 3 atom stereocenters. The van der Waals surface area contributed by atoms with Gasteiger partial charge in [-0.3, -0.25) is 9.69 Å². The van der Waals surface area contributed by atoms with E-state index in [-0.39, 0.29) is 35.9 Å². The van der Waals surface area contributed by atoms with E-state index in [0.29, 0.717) is 29.3 Å². The second-order valence-electron chi connectivity index (χ2n) is 12.1. The number of aryl methyl sites for hydroxylation is 3. The molecule has 0 aliphatic carbocycles. The minimum absolute atomic E-state index is 0.0568. The average molecular weight is 674 g/mol. The van der Waals surface area contributed by atoms with Crippen LogP contribution in [0.5, 0.6) is 0 Å². The Morgan fingerprint density at radius 2 is 1.60 bits per heavy atom. The number of anilines is 1. The van der Waals surface area contributed by atoms with Crippen molar-refractivity contribution in [3.63, 3.8) is 0 Å². The molecule has 0 radical (unpaired) electrons. The molecule has 3 aliphatic rings. The summed E-state index contributed by atoms with van der Waals surface area (Å²) in [6.07, 6.45) is 0.658. The van der Waals surface area contributed by atoms with Crippen LogP contribution in [-0.4, -0.2) is 67.6 Å². The zero-order valence-corrected chi connectivity index (χ0v) is 28.8. The molecule has 4 heterocycles. The monoisotopic (exact) mass is 673 g/mol. The summed E-state index contributed by atoms with van der Waals surface area (Å²) in [6.45, 7) is 9.49. The number of fused-ring (bicyclic) bond motifs is 1. The van der Waals surface area contributed by atoms with Crippen molar-refractivity contribution in [2.45, 2.75) is 58.5 Å². The second-order valence-corrected chi connectivity index (χ2v) is 12.1. The first-order valence-electron chi connectivity index (χ1n) is 15.8. The van der Waals surface area contributed by atoms with Gasteiger partial charge in [0, 0.05) is 22.9 Å². The maximum Gasteiger partial charge on any atom is 0.373 e. The van der Waals surface area contributed by atoms with Gasteiger partial charge in [0.1, 0.15) is 17.4 Å². The lowest BCUT2D eigenvalue weighted by molar-refractivity contribution is -0.191. The van der Waals surface area contributed by atoms with Gasteiger partial charge in [-0.05, 0) is 83.0 Å². The van der Waals surface area contributed by atoms with E-state index in [1.807, 2.05) is 61.2 Å². The molecule has 3 aromatic rings. The number of amides is 1. The van der Waals surface area contributed by atoms with E-state index in [1.54, 1.807) is 31.7 Å². The lowest BCUT2D eigenvalue weighted by atomic mass is 9.69. The summed E-state index contributed by atoms with van der Waals surface area (Å²) in [7, 11) is 2.50.